The second-order valence-corrected chi connectivity index (χ2v) is 7.46. The van der Waals surface area contributed by atoms with Crippen LogP contribution in [0, 0.1) is 0 Å². The van der Waals surface area contributed by atoms with E-state index in [1.54, 1.807) is 11.3 Å². The van der Waals surface area contributed by atoms with E-state index in [2.05, 4.69) is 26.9 Å². The van der Waals surface area contributed by atoms with Crippen LogP contribution in [0.3, 0.4) is 0 Å². The minimum Gasteiger partial charge on any atom is -0.283 e. The maximum Gasteiger partial charge on any atom is 0.262 e. The number of rotatable bonds is 4. The third kappa shape index (κ3) is 3.69. The monoisotopic (exact) mass is 361 g/mol. The summed E-state index contributed by atoms with van der Waals surface area (Å²) in [5.74, 6) is -0.150. The van der Waals surface area contributed by atoms with Gasteiger partial charge in [-0.1, -0.05) is 29.8 Å². The van der Waals surface area contributed by atoms with Gasteiger partial charge < -0.3 is 0 Å². The van der Waals surface area contributed by atoms with Gasteiger partial charge in [-0.25, -0.2) is 5.43 Å². The normalized spacial score (nSPS) is 15.5. The van der Waals surface area contributed by atoms with Crippen LogP contribution in [0.5, 0.6) is 0 Å². The van der Waals surface area contributed by atoms with Crippen molar-refractivity contribution < 1.29 is 4.79 Å². The molecule has 4 nitrogen and oxygen atoms in total. The van der Waals surface area contributed by atoms with Gasteiger partial charge in [-0.05, 0) is 48.9 Å². The van der Waals surface area contributed by atoms with Crippen molar-refractivity contribution in [3.63, 3.8) is 0 Å². The smallest absolute Gasteiger partial charge is 0.262 e. The Morgan fingerprint density at radius 2 is 2.12 bits per heavy atom. The minimum atomic E-state index is -0.449. The Labute approximate surface area is 151 Å². The number of halogens is 1. The molecular formula is C18H20ClN3OS. The molecule has 1 atom stereocenters. The molecule has 6 heteroatoms. The number of carbonyl (C=O) groups is 1. The van der Waals surface area contributed by atoms with Gasteiger partial charge in [0.15, 0.2) is 0 Å². The standard InChI is InChI=1S/C18H20ClN3OS/c1-12(2)20-21-18(23)17(14-5-3-4-6-15(14)19)22-9-7-16-13(11-22)8-10-24-16/h3-6,8,10,17H,7,9,11H2,1-2H3,(H,21,23). The van der Waals surface area contributed by atoms with Crippen LogP contribution in [0.15, 0.2) is 40.8 Å². The first kappa shape index (κ1) is 17.1. The van der Waals surface area contributed by atoms with Crippen molar-refractivity contribution in [3.05, 3.63) is 56.7 Å². The van der Waals surface area contributed by atoms with Crippen LogP contribution in [0.25, 0.3) is 0 Å². The summed E-state index contributed by atoms with van der Waals surface area (Å²) in [6, 6.07) is 9.22. The first-order chi connectivity index (χ1) is 11.6. The summed E-state index contributed by atoms with van der Waals surface area (Å²) in [5.41, 5.74) is 5.60. The molecule has 1 amide bonds. The number of benzene rings is 1. The number of hydrogen-bond acceptors (Lipinski definition) is 4. The predicted molar refractivity (Wildman–Crippen MR) is 99.6 cm³/mol. The molecule has 0 saturated heterocycles. The zero-order chi connectivity index (χ0) is 17.1. The Morgan fingerprint density at radius 1 is 1.33 bits per heavy atom. The van der Waals surface area contributed by atoms with E-state index in [9.17, 15) is 4.79 Å². The van der Waals surface area contributed by atoms with E-state index < -0.39 is 6.04 Å². The molecule has 0 bridgehead atoms. The van der Waals surface area contributed by atoms with Crippen LogP contribution in [-0.2, 0) is 17.8 Å². The maximum atomic E-state index is 12.8. The SMILES string of the molecule is CC(C)=NNC(=O)C(c1ccccc1Cl)N1CCc2sccc2C1. The molecule has 0 aliphatic carbocycles. The maximum absolute atomic E-state index is 12.8. The summed E-state index contributed by atoms with van der Waals surface area (Å²) in [6.45, 7) is 5.27. The highest BCUT2D eigenvalue weighted by Crippen LogP contribution is 2.33. The van der Waals surface area contributed by atoms with E-state index in [4.69, 9.17) is 11.6 Å². The number of hydrogen-bond donors (Lipinski definition) is 1. The Bertz CT molecular complexity index is 767. The van der Waals surface area contributed by atoms with Gasteiger partial charge in [0.05, 0.1) is 0 Å². The molecule has 2 heterocycles. The Morgan fingerprint density at radius 3 is 2.88 bits per heavy atom. The van der Waals surface area contributed by atoms with Gasteiger partial charge in [-0.3, -0.25) is 9.69 Å². The van der Waals surface area contributed by atoms with Gasteiger partial charge in [0, 0.05) is 28.7 Å². The zero-order valence-corrected chi connectivity index (χ0v) is 15.3. The molecule has 0 radical (unpaired) electrons. The van der Waals surface area contributed by atoms with Crippen molar-refractivity contribution in [1.82, 2.24) is 10.3 Å². The molecule has 24 heavy (non-hydrogen) atoms. The number of carbonyl (C=O) groups excluding carboxylic acids is 1. The summed E-state index contributed by atoms with van der Waals surface area (Å²) in [5, 5.41) is 6.80. The molecule has 0 spiro atoms. The first-order valence-corrected chi connectivity index (χ1v) is 9.16. The number of thiophene rings is 1. The Hall–Kier alpha value is -1.69. The van der Waals surface area contributed by atoms with Crippen LogP contribution in [-0.4, -0.2) is 23.1 Å². The second kappa shape index (κ2) is 7.47. The highest BCUT2D eigenvalue weighted by molar-refractivity contribution is 7.10. The molecule has 1 aliphatic rings. The fraction of sp³-hybridized carbons (Fsp3) is 0.333. The highest BCUT2D eigenvalue weighted by Gasteiger charge is 2.32. The predicted octanol–water partition coefficient (Wildman–Crippen LogP) is 4.01. The van der Waals surface area contributed by atoms with Crippen molar-refractivity contribution in [3.8, 4) is 0 Å². The van der Waals surface area contributed by atoms with Gasteiger partial charge in [0.25, 0.3) is 5.91 Å². The second-order valence-electron chi connectivity index (χ2n) is 6.05. The lowest BCUT2D eigenvalue weighted by Gasteiger charge is -2.33. The zero-order valence-electron chi connectivity index (χ0n) is 13.8. The summed E-state index contributed by atoms with van der Waals surface area (Å²) < 4.78 is 0. The summed E-state index contributed by atoms with van der Waals surface area (Å²) >= 11 is 8.17. The lowest BCUT2D eigenvalue weighted by Crippen LogP contribution is -2.41. The Balaban J connectivity index is 1.92. The van der Waals surface area contributed by atoms with E-state index in [-0.39, 0.29) is 5.91 Å². The summed E-state index contributed by atoms with van der Waals surface area (Å²) in [7, 11) is 0. The quantitative estimate of drug-likeness (QED) is 0.660. The molecule has 1 aliphatic heterocycles. The summed E-state index contributed by atoms with van der Waals surface area (Å²) in [4.78, 5) is 16.4. The molecule has 126 valence electrons. The van der Waals surface area contributed by atoms with Crippen molar-refractivity contribution in [1.29, 1.82) is 0 Å². The van der Waals surface area contributed by atoms with Crippen LogP contribution < -0.4 is 5.43 Å². The number of hydrazone groups is 1. The number of nitrogens with zero attached hydrogens (tertiary/aromatic N) is 2. The minimum absolute atomic E-state index is 0.150. The van der Waals surface area contributed by atoms with Gasteiger partial charge in [-0.2, -0.15) is 5.10 Å². The average molecular weight is 362 g/mol. The van der Waals surface area contributed by atoms with E-state index in [0.717, 1.165) is 30.8 Å². The van der Waals surface area contributed by atoms with Crippen molar-refractivity contribution >= 4 is 34.6 Å². The lowest BCUT2D eigenvalue weighted by atomic mass is 10.0. The molecule has 1 aromatic heterocycles. The lowest BCUT2D eigenvalue weighted by molar-refractivity contribution is -0.127. The third-order valence-electron chi connectivity index (χ3n) is 4.04. The Kier molecular flexibility index (Phi) is 5.33. The van der Waals surface area contributed by atoms with E-state index in [1.807, 2.05) is 38.1 Å². The van der Waals surface area contributed by atoms with Crippen molar-refractivity contribution in [2.24, 2.45) is 5.10 Å². The molecule has 0 saturated carbocycles. The topological polar surface area (TPSA) is 44.7 Å². The van der Waals surface area contributed by atoms with Gasteiger partial charge in [0.2, 0.25) is 0 Å². The molecule has 3 rings (SSSR count). The fourth-order valence-electron chi connectivity index (χ4n) is 2.92. The van der Waals surface area contributed by atoms with Crippen LogP contribution in [0.1, 0.15) is 35.9 Å². The molecule has 0 fully saturated rings. The van der Waals surface area contributed by atoms with E-state index in [1.165, 1.54) is 10.4 Å². The molecule has 1 aromatic carbocycles. The molecule has 1 N–H and O–H groups in total. The molecule has 1 unspecified atom stereocenters. The number of amides is 1. The largest absolute Gasteiger partial charge is 0.283 e. The van der Waals surface area contributed by atoms with Crippen molar-refractivity contribution in [2.45, 2.75) is 32.9 Å². The van der Waals surface area contributed by atoms with Crippen LogP contribution in [0.4, 0.5) is 0 Å². The van der Waals surface area contributed by atoms with Gasteiger partial charge in [0.1, 0.15) is 6.04 Å². The summed E-state index contributed by atoms with van der Waals surface area (Å²) in [6.07, 6.45) is 0.956. The fourth-order valence-corrected chi connectivity index (χ4v) is 4.05. The van der Waals surface area contributed by atoms with E-state index in [0.29, 0.717) is 5.02 Å². The molecular weight excluding hydrogens is 342 g/mol. The average Bonchev–Trinajstić information content (AvgIpc) is 3.03. The first-order valence-electron chi connectivity index (χ1n) is 7.90. The van der Waals surface area contributed by atoms with Crippen LogP contribution in [0.2, 0.25) is 5.02 Å². The molecule has 2 aromatic rings. The van der Waals surface area contributed by atoms with Crippen molar-refractivity contribution in [2.75, 3.05) is 6.54 Å². The van der Waals surface area contributed by atoms with E-state index >= 15 is 0 Å². The third-order valence-corrected chi connectivity index (χ3v) is 5.41. The van der Waals surface area contributed by atoms with Gasteiger partial charge >= 0.3 is 0 Å². The van der Waals surface area contributed by atoms with Crippen LogP contribution >= 0.6 is 22.9 Å². The van der Waals surface area contributed by atoms with Gasteiger partial charge in [-0.15, -0.1) is 11.3 Å². The number of fused-ring (bicyclic) bond motifs is 1. The number of nitrogens with one attached hydrogen (secondary N) is 1. The highest BCUT2D eigenvalue weighted by atomic mass is 35.5.